The van der Waals surface area contributed by atoms with Crippen molar-refractivity contribution in [2.24, 2.45) is 0 Å². The third-order valence-corrected chi connectivity index (χ3v) is 4.62. The van der Waals surface area contributed by atoms with Crippen LogP contribution in [0.2, 0.25) is 0 Å². The van der Waals surface area contributed by atoms with Crippen molar-refractivity contribution in [2.75, 3.05) is 25.0 Å². The first-order valence-corrected chi connectivity index (χ1v) is 9.83. The highest BCUT2D eigenvalue weighted by Gasteiger charge is 2.12. The molecule has 150 valence electrons. The Balaban J connectivity index is 1.94. The third-order valence-electron chi connectivity index (χ3n) is 3.53. The molecule has 0 aliphatic rings. The smallest absolute Gasteiger partial charge is 0.407 e. The molecule has 0 radical (unpaired) electrons. The van der Waals surface area contributed by atoms with E-state index in [-0.39, 0.29) is 5.57 Å². The maximum absolute atomic E-state index is 12.5. The molecule has 2 aromatic carbocycles. The fourth-order valence-electron chi connectivity index (χ4n) is 2.21. The number of nitrogens with zero attached hydrogens (tertiary/aromatic N) is 1. The summed E-state index contributed by atoms with van der Waals surface area (Å²) in [5, 5.41) is 17.4. The third kappa shape index (κ3) is 7.60. The fraction of sp³-hybridized carbons (Fsp3) is 0.190. The van der Waals surface area contributed by atoms with E-state index in [1.807, 2.05) is 54.6 Å². The number of alkyl carbamates (subject to hydrolysis) is 1. The summed E-state index contributed by atoms with van der Waals surface area (Å²) in [5.74, 6) is -0.514. The topological polar surface area (TPSA) is 103 Å². The van der Waals surface area contributed by atoms with Gasteiger partial charge in [0.25, 0.3) is 5.91 Å². The highest BCUT2D eigenvalue weighted by Crippen LogP contribution is 2.33. The van der Waals surface area contributed by atoms with E-state index in [1.165, 1.54) is 18.0 Å². The second kappa shape index (κ2) is 12.1. The van der Waals surface area contributed by atoms with Gasteiger partial charge in [0, 0.05) is 29.1 Å². The molecule has 29 heavy (non-hydrogen) atoms. The van der Waals surface area contributed by atoms with E-state index >= 15 is 0 Å². The van der Waals surface area contributed by atoms with Gasteiger partial charge in [-0.15, -0.1) is 0 Å². The molecule has 2 rings (SSSR count). The van der Waals surface area contributed by atoms with Crippen molar-refractivity contribution in [3.63, 3.8) is 0 Å². The van der Waals surface area contributed by atoms with Crippen LogP contribution in [0.5, 0.6) is 0 Å². The Hall–Kier alpha value is -3.44. The largest absolute Gasteiger partial charge is 0.450 e. The van der Waals surface area contributed by atoms with E-state index in [0.29, 0.717) is 25.4 Å². The van der Waals surface area contributed by atoms with E-state index in [9.17, 15) is 14.9 Å². The SMILES string of the molecule is CCOC(=O)NCCN/C=C(/C#N)C(=O)Nc1ccccc1Sc1ccccc1. The van der Waals surface area contributed by atoms with Gasteiger partial charge in [-0.05, 0) is 31.2 Å². The van der Waals surface area contributed by atoms with E-state index in [2.05, 4.69) is 16.0 Å². The lowest BCUT2D eigenvalue weighted by Crippen LogP contribution is -2.31. The molecule has 0 saturated heterocycles. The summed E-state index contributed by atoms with van der Waals surface area (Å²) < 4.78 is 4.74. The number of carbonyl (C=O) groups excluding carboxylic acids is 2. The molecule has 0 atom stereocenters. The van der Waals surface area contributed by atoms with Crippen molar-refractivity contribution in [1.29, 1.82) is 5.26 Å². The van der Waals surface area contributed by atoms with E-state index in [1.54, 1.807) is 13.0 Å². The molecular formula is C21H22N4O3S. The number of hydrogen-bond donors (Lipinski definition) is 3. The molecule has 0 fully saturated rings. The molecular weight excluding hydrogens is 388 g/mol. The zero-order chi connectivity index (χ0) is 20.9. The maximum atomic E-state index is 12.5. The molecule has 0 aliphatic heterocycles. The van der Waals surface area contributed by atoms with Crippen LogP contribution in [0, 0.1) is 11.3 Å². The predicted molar refractivity (Wildman–Crippen MR) is 112 cm³/mol. The number of ether oxygens (including phenoxy) is 1. The molecule has 0 aromatic heterocycles. The summed E-state index contributed by atoms with van der Waals surface area (Å²) in [5.41, 5.74) is 0.553. The van der Waals surface area contributed by atoms with E-state index < -0.39 is 12.0 Å². The molecule has 0 heterocycles. The molecule has 8 heteroatoms. The number of para-hydroxylation sites is 1. The predicted octanol–water partition coefficient (Wildman–Crippen LogP) is 3.52. The number of nitriles is 1. The Morgan fingerprint density at radius 3 is 2.55 bits per heavy atom. The minimum absolute atomic E-state index is 0.0688. The lowest BCUT2D eigenvalue weighted by molar-refractivity contribution is -0.112. The van der Waals surface area contributed by atoms with Gasteiger partial charge in [0.15, 0.2) is 0 Å². The maximum Gasteiger partial charge on any atom is 0.407 e. The monoisotopic (exact) mass is 410 g/mol. The minimum Gasteiger partial charge on any atom is -0.450 e. The van der Waals surface area contributed by atoms with Crippen molar-refractivity contribution in [3.05, 3.63) is 66.4 Å². The Morgan fingerprint density at radius 2 is 1.83 bits per heavy atom. The average Bonchev–Trinajstić information content (AvgIpc) is 2.73. The molecule has 0 saturated carbocycles. The van der Waals surface area contributed by atoms with Gasteiger partial charge in [-0.3, -0.25) is 4.79 Å². The van der Waals surface area contributed by atoms with Crippen molar-refractivity contribution < 1.29 is 14.3 Å². The highest BCUT2D eigenvalue weighted by molar-refractivity contribution is 7.99. The van der Waals surface area contributed by atoms with Crippen LogP contribution >= 0.6 is 11.8 Å². The number of hydrogen-bond acceptors (Lipinski definition) is 6. The first-order valence-electron chi connectivity index (χ1n) is 9.01. The minimum atomic E-state index is -0.514. The number of carbonyl (C=O) groups is 2. The van der Waals surface area contributed by atoms with Crippen LogP contribution in [0.3, 0.4) is 0 Å². The van der Waals surface area contributed by atoms with Crippen LogP contribution in [-0.4, -0.2) is 31.7 Å². The van der Waals surface area contributed by atoms with Gasteiger partial charge >= 0.3 is 6.09 Å². The molecule has 3 N–H and O–H groups in total. The van der Waals surface area contributed by atoms with Gasteiger partial charge in [0.05, 0.1) is 12.3 Å². The van der Waals surface area contributed by atoms with Gasteiger partial charge < -0.3 is 20.7 Å². The van der Waals surface area contributed by atoms with Crippen LogP contribution in [0.4, 0.5) is 10.5 Å². The first-order chi connectivity index (χ1) is 14.1. The van der Waals surface area contributed by atoms with Crippen LogP contribution in [0.25, 0.3) is 0 Å². The van der Waals surface area contributed by atoms with Crippen molar-refractivity contribution in [2.45, 2.75) is 16.7 Å². The van der Waals surface area contributed by atoms with Gasteiger partial charge in [0.2, 0.25) is 0 Å². The van der Waals surface area contributed by atoms with E-state index in [0.717, 1.165) is 9.79 Å². The van der Waals surface area contributed by atoms with Crippen molar-refractivity contribution >= 4 is 29.4 Å². The number of rotatable bonds is 9. The van der Waals surface area contributed by atoms with Gasteiger partial charge in [-0.2, -0.15) is 5.26 Å². The molecule has 0 unspecified atom stereocenters. The second-order valence-corrected chi connectivity index (χ2v) is 6.75. The average molecular weight is 410 g/mol. The molecule has 2 aromatic rings. The van der Waals surface area contributed by atoms with Crippen LogP contribution in [0.15, 0.2) is 76.2 Å². The number of nitrogens with one attached hydrogen (secondary N) is 3. The Labute approximate surface area is 174 Å². The van der Waals surface area contributed by atoms with Crippen LogP contribution in [-0.2, 0) is 9.53 Å². The summed E-state index contributed by atoms with van der Waals surface area (Å²) >= 11 is 1.52. The summed E-state index contributed by atoms with van der Waals surface area (Å²) in [6.07, 6.45) is 0.818. The fourth-order valence-corrected chi connectivity index (χ4v) is 3.13. The van der Waals surface area contributed by atoms with Crippen LogP contribution in [0.1, 0.15) is 6.92 Å². The molecule has 7 nitrogen and oxygen atoms in total. The number of benzene rings is 2. The van der Waals surface area contributed by atoms with Gasteiger partial charge in [0.1, 0.15) is 11.6 Å². The summed E-state index contributed by atoms with van der Waals surface area (Å²) in [4.78, 5) is 25.6. The van der Waals surface area contributed by atoms with Gasteiger partial charge in [-0.25, -0.2) is 4.79 Å². The second-order valence-electron chi connectivity index (χ2n) is 5.64. The standard InChI is InChI=1S/C21H22N4O3S/c1-2-28-21(27)24-13-12-23-15-16(14-22)20(26)25-18-10-6-7-11-19(18)29-17-8-4-3-5-9-17/h3-11,15,23H,2,12-13H2,1H3,(H,24,27)(H,25,26)/b16-15-. The van der Waals surface area contributed by atoms with Crippen molar-refractivity contribution in [1.82, 2.24) is 10.6 Å². The van der Waals surface area contributed by atoms with Crippen LogP contribution < -0.4 is 16.0 Å². The molecule has 0 aliphatic carbocycles. The lowest BCUT2D eigenvalue weighted by Gasteiger charge is -2.10. The molecule has 2 amide bonds. The van der Waals surface area contributed by atoms with Crippen molar-refractivity contribution in [3.8, 4) is 6.07 Å². The molecule has 0 bridgehead atoms. The summed E-state index contributed by atoms with van der Waals surface area (Å²) in [6, 6.07) is 19.1. The van der Waals surface area contributed by atoms with E-state index in [4.69, 9.17) is 4.74 Å². The first kappa shape index (κ1) is 21.9. The lowest BCUT2D eigenvalue weighted by atomic mass is 10.2. The highest BCUT2D eigenvalue weighted by atomic mass is 32.2. The zero-order valence-electron chi connectivity index (χ0n) is 16.0. The summed E-state index contributed by atoms with van der Waals surface area (Å²) in [7, 11) is 0. The zero-order valence-corrected chi connectivity index (χ0v) is 16.8. The Morgan fingerprint density at radius 1 is 1.10 bits per heavy atom. The van der Waals surface area contributed by atoms with Gasteiger partial charge in [-0.1, -0.05) is 42.1 Å². The number of amides is 2. The Kier molecular flexibility index (Phi) is 9.12. The Bertz CT molecular complexity index is 894. The quantitative estimate of drug-likeness (QED) is 0.332. The summed E-state index contributed by atoms with van der Waals surface area (Å²) in [6.45, 7) is 2.65. The molecule has 0 spiro atoms. The number of anilines is 1. The normalized spacial score (nSPS) is 10.6.